The first kappa shape index (κ1) is 25.1. The number of rotatable bonds is 6. The first-order valence-electron chi connectivity index (χ1n) is 10.6. The summed E-state index contributed by atoms with van der Waals surface area (Å²) in [6.07, 6.45) is 7.37. The molecule has 0 spiro atoms. The number of nitrogens with zero attached hydrogens (tertiary/aromatic N) is 2. The van der Waals surface area contributed by atoms with E-state index in [-0.39, 0.29) is 11.7 Å². The lowest BCUT2D eigenvalue weighted by atomic mass is 10.00. The number of nitrogens with one attached hydrogen (secondary N) is 1. The number of benzene rings is 1. The average molecular weight is 498 g/mol. The van der Waals surface area contributed by atoms with Crippen molar-refractivity contribution in [2.75, 3.05) is 17.7 Å². The van der Waals surface area contributed by atoms with Gasteiger partial charge in [0.05, 0.1) is 17.9 Å². The fourth-order valence-electron chi connectivity index (χ4n) is 3.85. The van der Waals surface area contributed by atoms with Crippen LogP contribution in [0.3, 0.4) is 0 Å². The van der Waals surface area contributed by atoms with Gasteiger partial charge in [0.2, 0.25) is 0 Å². The molecule has 1 N–H and O–H groups in total. The van der Waals surface area contributed by atoms with E-state index in [4.69, 9.17) is 11.6 Å². The quantitative estimate of drug-likeness (QED) is 0.619. The molecular formula is C23H26ClF2N3O3S. The van der Waals surface area contributed by atoms with E-state index in [1.165, 1.54) is 30.5 Å². The molecule has 1 amide bonds. The van der Waals surface area contributed by atoms with Gasteiger partial charge in [-0.1, -0.05) is 36.6 Å². The van der Waals surface area contributed by atoms with E-state index in [0.29, 0.717) is 17.3 Å². The van der Waals surface area contributed by atoms with E-state index >= 15 is 0 Å². The maximum atomic E-state index is 14.9. The number of amides is 1. The van der Waals surface area contributed by atoms with Crippen molar-refractivity contribution in [2.24, 2.45) is 0 Å². The fourth-order valence-corrected chi connectivity index (χ4v) is 4.66. The molecule has 1 aromatic heterocycles. The molecule has 3 rings (SSSR count). The first-order chi connectivity index (χ1) is 15.5. The summed E-state index contributed by atoms with van der Waals surface area (Å²) in [6, 6.07) is 4.72. The fraction of sp³-hybridized carbons (Fsp3) is 0.391. The Bertz CT molecular complexity index is 1160. The van der Waals surface area contributed by atoms with Gasteiger partial charge in [0.1, 0.15) is 5.82 Å². The highest BCUT2D eigenvalue weighted by Crippen LogP contribution is 2.37. The van der Waals surface area contributed by atoms with Crippen molar-refractivity contribution in [1.82, 2.24) is 10.3 Å². The second kappa shape index (κ2) is 10.6. The molecule has 1 aromatic carbocycles. The Balaban J connectivity index is 1.84. The lowest BCUT2D eigenvalue weighted by Crippen LogP contribution is -2.33. The average Bonchev–Trinajstić information content (AvgIpc) is 2.97. The summed E-state index contributed by atoms with van der Waals surface area (Å²) in [5.74, 6) is -1.97. The van der Waals surface area contributed by atoms with E-state index in [9.17, 15) is 22.0 Å². The lowest BCUT2D eigenvalue weighted by Gasteiger charge is -2.33. The second-order valence-electron chi connectivity index (χ2n) is 8.17. The minimum atomic E-state index is -3.34. The van der Waals surface area contributed by atoms with Gasteiger partial charge in [0.15, 0.2) is 21.3 Å². The van der Waals surface area contributed by atoms with Crippen LogP contribution in [0.2, 0.25) is 5.02 Å². The van der Waals surface area contributed by atoms with Gasteiger partial charge in [-0.25, -0.2) is 22.2 Å². The Morgan fingerprint density at radius 2 is 2.03 bits per heavy atom. The molecule has 10 heteroatoms. The smallest absolute Gasteiger partial charge is 0.273 e. The molecule has 1 aliphatic heterocycles. The summed E-state index contributed by atoms with van der Waals surface area (Å²) in [5, 5.41) is 3.80. The zero-order chi connectivity index (χ0) is 24.2. The van der Waals surface area contributed by atoms with E-state index in [1.54, 1.807) is 13.0 Å². The number of carbonyl (C=O) groups excluding carboxylic acids is 1. The van der Waals surface area contributed by atoms with Crippen LogP contribution in [-0.4, -0.2) is 38.2 Å². The van der Waals surface area contributed by atoms with Gasteiger partial charge >= 0.3 is 0 Å². The molecule has 1 fully saturated rings. The van der Waals surface area contributed by atoms with E-state index in [2.05, 4.69) is 10.3 Å². The maximum absolute atomic E-state index is 14.9. The summed E-state index contributed by atoms with van der Waals surface area (Å²) < 4.78 is 50.9. The summed E-state index contributed by atoms with van der Waals surface area (Å²) >= 11 is 6.32. The van der Waals surface area contributed by atoms with Gasteiger partial charge in [0.25, 0.3) is 5.91 Å². The van der Waals surface area contributed by atoms with Crippen LogP contribution in [-0.2, 0) is 9.84 Å². The maximum Gasteiger partial charge on any atom is 0.273 e. The van der Waals surface area contributed by atoms with Crippen molar-refractivity contribution >= 4 is 33.0 Å². The molecule has 178 valence electrons. The van der Waals surface area contributed by atoms with E-state index in [0.717, 1.165) is 42.9 Å². The molecule has 33 heavy (non-hydrogen) atoms. The lowest BCUT2D eigenvalue weighted by molar-refractivity contribution is 0.0937. The third kappa shape index (κ3) is 6.74. The monoisotopic (exact) mass is 497 g/mol. The summed E-state index contributed by atoms with van der Waals surface area (Å²) in [7, 11) is -3.34. The Morgan fingerprint density at radius 3 is 2.70 bits per heavy atom. The molecule has 0 saturated carbocycles. The van der Waals surface area contributed by atoms with Crippen molar-refractivity contribution in [3.63, 3.8) is 0 Å². The number of aromatic nitrogens is 1. The highest BCUT2D eigenvalue weighted by Gasteiger charge is 2.26. The molecule has 0 unspecified atom stereocenters. The van der Waals surface area contributed by atoms with Crippen LogP contribution in [0.5, 0.6) is 0 Å². The van der Waals surface area contributed by atoms with Gasteiger partial charge in [-0.05, 0) is 37.5 Å². The van der Waals surface area contributed by atoms with Gasteiger partial charge in [0, 0.05) is 35.3 Å². The number of pyridine rings is 1. The van der Waals surface area contributed by atoms with Gasteiger partial charge in [-0.3, -0.25) is 4.79 Å². The highest BCUT2D eigenvalue weighted by atomic mass is 35.5. The molecule has 0 bridgehead atoms. The van der Waals surface area contributed by atoms with Crippen LogP contribution in [0, 0.1) is 11.6 Å². The van der Waals surface area contributed by atoms with Crippen LogP contribution < -0.4 is 10.2 Å². The molecule has 1 saturated heterocycles. The van der Waals surface area contributed by atoms with Gasteiger partial charge in [-0.15, -0.1) is 0 Å². The molecule has 2 atom stereocenters. The third-order valence-electron chi connectivity index (χ3n) is 5.42. The minimum Gasteiger partial charge on any atom is -0.363 e. The Labute approximate surface area is 197 Å². The van der Waals surface area contributed by atoms with Crippen LogP contribution in [0.15, 0.2) is 41.9 Å². The van der Waals surface area contributed by atoms with Crippen molar-refractivity contribution in [1.29, 1.82) is 0 Å². The Hall–Kier alpha value is -2.52. The zero-order valence-electron chi connectivity index (χ0n) is 18.4. The van der Waals surface area contributed by atoms with Crippen molar-refractivity contribution in [2.45, 2.75) is 44.7 Å². The van der Waals surface area contributed by atoms with Crippen LogP contribution in [0.25, 0.3) is 0 Å². The van der Waals surface area contributed by atoms with Crippen molar-refractivity contribution in [3.05, 3.63) is 69.9 Å². The van der Waals surface area contributed by atoms with E-state index < -0.39 is 33.4 Å². The Morgan fingerprint density at radius 1 is 1.27 bits per heavy atom. The number of sulfone groups is 1. The largest absolute Gasteiger partial charge is 0.363 e. The van der Waals surface area contributed by atoms with Crippen LogP contribution in [0.1, 0.15) is 54.7 Å². The second-order valence-corrected chi connectivity index (χ2v) is 10.5. The molecule has 6 nitrogen and oxygen atoms in total. The van der Waals surface area contributed by atoms with Crippen molar-refractivity contribution in [3.8, 4) is 0 Å². The number of carbonyl (C=O) groups is 1. The highest BCUT2D eigenvalue weighted by molar-refractivity contribution is 7.93. The number of halogens is 3. The molecule has 0 radical (unpaired) electrons. The molecular weight excluding hydrogens is 472 g/mol. The van der Waals surface area contributed by atoms with Crippen LogP contribution in [0.4, 0.5) is 14.5 Å². The predicted molar refractivity (Wildman–Crippen MR) is 125 cm³/mol. The molecule has 1 aliphatic rings. The molecule has 2 aromatic rings. The predicted octanol–water partition coefficient (Wildman–Crippen LogP) is 4.81. The summed E-state index contributed by atoms with van der Waals surface area (Å²) in [6.45, 7) is 2.21. The SMILES string of the molecule is C[C@H](/C=C/S(C)(=O)=O)NC(=O)c1ncc(N2CCCCC[C@@H]2c2ccc(F)cc2Cl)cc1F. The summed E-state index contributed by atoms with van der Waals surface area (Å²) in [5.41, 5.74) is 0.875. The van der Waals surface area contributed by atoms with Crippen LogP contribution >= 0.6 is 11.6 Å². The zero-order valence-corrected chi connectivity index (χ0v) is 20.0. The van der Waals surface area contributed by atoms with Gasteiger partial charge in [-0.2, -0.15) is 0 Å². The Kier molecular flexibility index (Phi) is 8.07. The number of hydrogen-bond acceptors (Lipinski definition) is 5. The van der Waals surface area contributed by atoms with Gasteiger partial charge < -0.3 is 10.2 Å². The third-order valence-corrected chi connectivity index (χ3v) is 6.40. The number of hydrogen-bond donors (Lipinski definition) is 1. The van der Waals surface area contributed by atoms with E-state index in [1.807, 2.05) is 4.90 Å². The summed E-state index contributed by atoms with van der Waals surface area (Å²) in [4.78, 5) is 18.5. The topological polar surface area (TPSA) is 79.4 Å². The molecule has 2 heterocycles. The standard InChI is InChI=1S/C23H26ClF2N3O3S/c1-15(9-11-33(2,31)32)28-23(30)22-20(26)13-17(14-27-22)29-10-5-3-4-6-21(29)18-8-7-16(25)12-19(18)24/h7-9,11-15,21H,3-6,10H2,1-2H3,(H,28,30)/b11-9+/t15-,21-/m1/s1. The minimum absolute atomic E-state index is 0.178. The number of anilines is 1. The first-order valence-corrected chi connectivity index (χ1v) is 12.9. The normalized spacial score (nSPS) is 18.2. The molecule has 0 aliphatic carbocycles. The van der Waals surface area contributed by atoms with Crippen molar-refractivity contribution < 1.29 is 22.0 Å².